The summed E-state index contributed by atoms with van der Waals surface area (Å²) in [4.78, 5) is 23.5. The molecular weight excluding hydrogens is 268 g/mol. The summed E-state index contributed by atoms with van der Waals surface area (Å²) in [6.45, 7) is 0. The van der Waals surface area contributed by atoms with E-state index in [1.165, 1.54) is 14.2 Å². The number of benzene rings is 2. The Kier molecular flexibility index (Phi) is 4.72. The average molecular weight is 284 g/mol. The van der Waals surface area contributed by atoms with Gasteiger partial charge in [-0.1, -0.05) is 30.3 Å². The Morgan fingerprint density at radius 1 is 1.05 bits per heavy atom. The molecule has 0 spiro atoms. The maximum Gasteiger partial charge on any atom is 0.167 e. The highest BCUT2D eigenvalue weighted by Gasteiger charge is 2.14. The molecule has 4 nitrogen and oxygen atoms in total. The van der Waals surface area contributed by atoms with E-state index >= 15 is 0 Å². The molecule has 2 aromatic carbocycles. The number of rotatable bonds is 6. The fourth-order valence-corrected chi connectivity index (χ4v) is 2.10. The van der Waals surface area contributed by atoms with Crippen LogP contribution in [0.3, 0.4) is 0 Å². The van der Waals surface area contributed by atoms with E-state index in [1.807, 2.05) is 18.2 Å². The molecule has 0 radical (unpaired) electrons. The lowest BCUT2D eigenvalue weighted by Gasteiger charge is -2.11. The van der Waals surface area contributed by atoms with Crippen LogP contribution in [0.2, 0.25) is 0 Å². The molecule has 0 aromatic heterocycles. The molecule has 0 bridgehead atoms. The fraction of sp³-hybridized carbons (Fsp3) is 0.176. The first-order chi connectivity index (χ1) is 10.2. The van der Waals surface area contributed by atoms with Crippen molar-refractivity contribution in [3.8, 4) is 11.5 Å². The zero-order valence-electron chi connectivity index (χ0n) is 12.0. The molecule has 4 heteroatoms. The number of ether oxygens (including phenoxy) is 2. The largest absolute Gasteiger partial charge is 0.493 e. The summed E-state index contributed by atoms with van der Waals surface area (Å²) in [5.41, 5.74) is 1.66. The topological polar surface area (TPSA) is 52.6 Å². The lowest BCUT2D eigenvalue weighted by atomic mass is 9.98. The molecule has 0 amide bonds. The van der Waals surface area contributed by atoms with Crippen molar-refractivity contribution in [3.05, 3.63) is 59.2 Å². The lowest BCUT2D eigenvalue weighted by molar-refractivity contribution is 0.0993. The van der Waals surface area contributed by atoms with E-state index < -0.39 is 0 Å². The van der Waals surface area contributed by atoms with Gasteiger partial charge in [0.25, 0.3) is 0 Å². The van der Waals surface area contributed by atoms with Crippen molar-refractivity contribution in [1.29, 1.82) is 0 Å². The van der Waals surface area contributed by atoms with Crippen LogP contribution in [0.4, 0.5) is 0 Å². The molecule has 0 aliphatic rings. The van der Waals surface area contributed by atoms with E-state index in [0.717, 1.165) is 6.29 Å². The fourth-order valence-electron chi connectivity index (χ4n) is 2.10. The average Bonchev–Trinajstić information content (AvgIpc) is 2.55. The lowest BCUT2D eigenvalue weighted by Crippen LogP contribution is -2.06. The Labute approximate surface area is 123 Å². The van der Waals surface area contributed by atoms with Crippen molar-refractivity contribution in [2.24, 2.45) is 0 Å². The third kappa shape index (κ3) is 3.28. The Hall–Kier alpha value is -2.62. The molecule has 108 valence electrons. The highest BCUT2D eigenvalue weighted by Crippen LogP contribution is 2.30. The van der Waals surface area contributed by atoms with Gasteiger partial charge in [-0.15, -0.1) is 0 Å². The number of hydrogen-bond donors (Lipinski definition) is 0. The molecule has 21 heavy (non-hydrogen) atoms. The summed E-state index contributed by atoms with van der Waals surface area (Å²) < 4.78 is 10.4. The monoisotopic (exact) mass is 284 g/mol. The molecule has 0 fully saturated rings. The molecule has 0 atom stereocenters. The van der Waals surface area contributed by atoms with Crippen LogP contribution in [0.15, 0.2) is 42.5 Å². The van der Waals surface area contributed by atoms with Crippen LogP contribution in [0, 0.1) is 0 Å². The highest BCUT2D eigenvalue weighted by molar-refractivity contribution is 5.98. The number of Topliss-reactive ketones (excluding diaryl/α,β-unsaturated/α-hetero) is 1. The summed E-state index contributed by atoms with van der Waals surface area (Å²) in [6, 6.07) is 12.2. The summed E-state index contributed by atoms with van der Waals surface area (Å²) in [5, 5.41) is 0. The van der Waals surface area contributed by atoms with E-state index in [1.54, 1.807) is 24.3 Å². The minimum Gasteiger partial charge on any atom is -0.493 e. The molecule has 0 heterocycles. The number of carbonyl (C=O) groups is 2. The van der Waals surface area contributed by atoms with Crippen LogP contribution < -0.4 is 9.47 Å². The van der Waals surface area contributed by atoms with E-state index in [-0.39, 0.29) is 12.2 Å². The second-order valence-electron chi connectivity index (χ2n) is 4.49. The first-order valence-corrected chi connectivity index (χ1v) is 6.48. The van der Waals surface area contributed by atoms with Gasteiger partial charge in [-0.2, -0.15) is 0 Å². The van der Waals surface area contributed by atoms with Gasteiger partial charge in [-0.3, -0.25) is 9.59 Å². The molecule has 2 rings (SSSR count). The quantitative estimate of drug-likeness (QED) is 0.604. The number of ketones is 1. The number of hydrogen-bond acceptors (Lipinski definition) is 4. The maximum absolute atomic E-state index is 12.2. The van der Waals surface area contributed by atoms with Crippen molar-refractivity contribution < 1.29 is 19.1 Å². The van der Waals surface area contributed by atoms with Crippen LogP contribution >= 0.6 is 0 Å². The van der Waals surface area contributed by atoms with Crippen LogP contribution in [0.25, 0.3) is 0 Å². The van der Waals surface area contributed by atoms with Crippen molar-refractivity contribution in [1.82, 2.24) is 0 Å². The van der Waals surface area contributed by atoms with E-state index in [9.17, 15) is 9.59 Å². The van der Waals surface area contributed by atoms with Crippen LogP contribution in [-0.4, -0.2) is 26.3 Å². The van der Waals surface area contributed by atoms with E-state index in [0.29, 0.717) is 28.2 Å². The van der Waals surface area contributed by atoms with Crippen molar-refractivity contribution in [2.75, 3.05) is 14.2 Å². The third-order valence-electron chi connectivity index (χ3n) is 3.22. The van der Waals surface area contributed by atoms with Gasteiger partial charge in [-0.05, 0) is 17.7 Å². The smallest absolute Gasteiger partial charge is 0.167 e. The highest BCUT2D eigenvalue weighted by atomic mass is 16.5. The standard InChI is InChI=1S/C17H16O4/c1-20-16-9-13(14(11-18)10-17(16)21-2)8-15(19)12-6-4-3-5-7-12/h3-7,9-11H,8H2,1-2H3. The van der Waals surface area contributed by atoms with E-state index in [4.69, 9.17) is 9.47 Å². The first kappa shape index (κ1) is 14.8. The first-order valence-electron chi connectivity index (χ1n) is 6.48. The van der Waals surface area contributed by atoms with Crippen molar-refractivity contribution >= 4 is 12.1 Å². The normalized spacial score (nSPS) is 10.0. The zero-order chi connectivity index (χ0) is 15.2. The molecule has 2 aromatic rings. The van der Waals surface area contributed by atoms with Crippen molar-refractivity contribution in [3.63, 3.8) is 0 Å². The predicted octanol–water partition coefficient (Wildman–Crippen LogP) is 2.94. The Bertz CT molecular complexity index is 647. The Morgan fingerprint density at radius 2 is 1.67 bits per heavy atom. The minimum atomic E-state index is -0.0501. The third-order valence-corrected chi connectivity index (χ3v) is 3.22. The molecule has 0 unspecified atom stereocenters. The molecule has 0 aliphatic heterocycles. The zero-order valence-corrected chi connectivity index (χ0v) is 12.0. The van der Waals surface area contributed by atoms with Gasteiger partial charge in [-0.25, -0.2) is 0 Å². The summed E-state index contributed by atoms with van der Waals surface area (Å²) in [6.07, 6.45) is 0.855. The van der Waals surface area contributed by atoms with Gasteiger partial charge < -0.3 is 9.47 Å². The van der Waals surface area contributed by atoms with Crippen LogP contribution in [-0.2, 0) is 6.42 Å². The Morgan fingerprint density at radius 3 is 2.24 bits per heavy atom. The minimum absolute atomic E-state index is 0.0501. The van der Waals surface area contributed by atoms with Gasteiger partial charge in [0, 0.05) is 17.5 Å². The Balaban J connectivity index is 2.35. The molecular formula is C17H16O4. The van der Waals surface area contributed by atoms with E-state index in [2.05, 4.69) is 0 Å². The van der Waals surface area contributed by atoms with Gasteiger partial charge in [0.05, 0.1) is 14.2 Å². The van der Waals surface area contributed by atoms with Gasteiger partial charge >= 0.3 is 0 Å². The number of carbonyl (C=O) groups excluding carboxylic acids is 2. The summed E-state index contributed by atoms with van der Waals surface area (Å²) in [7, 11) is 3.02. The van der Waals surface area contributed by atoms with Gasteiger partial charge in [0.2, 0.25) is 0 Å². The SMILES string of the molecule is COc1cc(C=O)c(CC(=O)c2ccccc2)cc1OC. The van der Waals surface area contributed by atoms with Crippen LogP contribution in [0.5, 0.6) is 11.5 Å². The number of aldehydes is 1. The summed E-state index contributed by atoms with van der Waals surface area (Å²) in [5.74, 6) is 0.917. The number of methoxy groups -OCH3 is 2. The molecule has 0 saturated heterocycles. The summed E-state index contributed by atoms with van der Waals surface area (Å²) >= 11 is 0. The van der Waals surface area contributed by atoms with Gasteiger partial charge in [0.15, 0.2) is 17.3 Å². The predicted molar refractivity (Wildman–Crippen MR) is 79.4 cm³/mol. The maximum atomic E-state index is 12.2. The molecule has 0 N–H and O–H groups in total. The molecule has 0 aliphatic carbocycles. The second-order valence-corrected chi connectivity index (χ2v) is 4.49. The van der Waals surface area contributed by atoms with Crippen LogP contribution in [0.1, 0.15) is 26.3 Å². The van der Waals surface area contributed by atoms with Crippen molar-refractivity contribution in [2.45, 2.75) is 6.42 Å². The molecule has 0 saturated carbocycles. The second kappa shape index (κ2) is 6.70. The van der Waals surface area contributed by atoms with Gasteiger partial charge in [0.1, 0.15) is 6.29 Å².